The SMILES string of the molecule is CCCCC(=O)C=O. The lowest BCUT2D eigenvalue weighted by Gasteiger charge is -1.85. The molecule has 0 heterocycles. The number of ketones is 1. The zero-order valence-electron chi connectivity index (χ0n) is 5.02. The number of Topliss-reactive ketones (excluding diaryl/α,β-unsaturated/α-hetero) is 1. The maximum atomic E-state index is 10.2. The standard InChI is InChI=1S/C6H10O2/c1-2-3-4-6(8)5-7/h5H,2-4H2,1H3. The van der Waals surface area contributed by atoms with Crippen LogP contribution in [0.5, 0.6) is 0 Å². The average Bonchev–Trinajstić information content (AvgIpc) is 1.83. The second kappa shape index (κ2) is 4.50. The first-order chi connectivity index (χ1) is 3.81. The summed E-state index contributed by atoms with van der Waals surface area (Å²) in [5.74, 6) is -0.285. The predicted molar refractivity (Wildman–Crippen MR) is 30.6 cm³/mol. The van der Waals surface area contributed by atoms with Crippen molar-refractivity contribution in [3.63, 3.8) is 0 Å². The highest BCUT2D eigenvalue weighted by Crippen LogP contribution is 1.91. The Morgan fingerprint density at radius 3 is 2.62 bits per heavy atom. The second-order valence-corrected chi connectivity index (χ2v) is 1.69. The van der Waals surface area contributed by atoms with E-state index in [0.717, 1.165) is 12.8 Å². The largest absolute Gasteiger partial charge is 0.295 e. The third kappa shape index (κ3) is 3.53. The lowest BCUT2D eigenvalue weighted by atomic mass is 10.2. The molecular formula is C6H10O2. The van der Waals surface area contributed by atoms with Crippen LogP contribution in [0.3, 0.4) is 0 Å². The molecule has 8 heavy (non-hydrogen) atoms. The summed E-state index contributed by atoms with van der Waals surface area (Å²) in [7, 11) is 0. The first kappa shape index (κ1) is 7.34. The molecule has 0 aromatic heterocycles. The smallest absolute Gasteiger partial charge is 0.195 e. The van der Waals surface area contributed by atoms with Gasteiger partial charge in [0.25, 0.3) is 0 Å². The molecule has 0 fully saturated rings. The molecule has 0 bridgehead atoms. The van der Waals surface area contributed by atoms with Crippen molar-refractivity contribution in [1.82, 2.24) is 0 Å². The minimum atomic E-state index is -0.285. The topological polar surface area (TPSA) is 34.1 Å². The fourth-order valence-electron chi connectivity index (χ4n) is 0.410. The van der Waals surface area contributed by atoms with Crippen molar-refractivity contribution in [2.75, 3.05) is 0 Å². The van der Waals surface area contributed by atoms with Crippen LogP contribution in [0.25, 0.3) is 0 Å². The molecule has 0 aromatic carbocycles. The fourth-order valence-corrected chi connectivity index (χ4v) is 0.410. The maximum Gasteiger partial charge on any atom is 0.195 e. The third-order valence-electron chi connectivity index (χ3n) is 0.908. The number of unbranched alkanes of at least 4 members (excludes halogenated alkanes) is 1. The molecule has 0 spiro atoms. The second-order valence-electron chi connectivity index (χ2n) is 1.69. The highest BCUT2D eigenvalue weighted by molar-refractivity contribution is 6.24. The molecule has 0 aliphatic heterocycles. The summed E-state index contributed by atoms with van der Waals surface area (Å²) in [4.78, 5) is 19.9. The van der Waals surface area contributed by atoms with Crippen molar-refractivity contribution in [3.8, 4) is 0 Å². The van der Waals surface area contributed by atoms with Crippen molar-refractivity contribution in [2.24, 2.45) is 0 Å². The molecule has 0 rings (SSSR count). The predicted octanol–water partition coefficient (Wildman–Crippen LogP) is 0.945. The van der Waals surface area contributed by atoms with Crippen LogP contribution in [0.15, 0.2) is 0 Å². The quantitative estimate of drug-likeness (QED) is 0.402. The Bertz CT molecular complexity index is 86.5. The van der Waals surface area contributed by atoms with E-state index in [2.05, 4.69) is 0 Å². The van der Waals surface area contributed by atoms with Gasteiger partial charge in [-0.05, 0) is 6.42 Å². The molecule has 0 saturated heterocycles. The van der Waals surface area contributed by atoms with E-state index in [4.69, 9.17) is 0 Å². The average molecular weight is 114 g/mol. The van der Waals surface area contributed by atoms with Crippen LogP contribution < -0.4 is 0 Å². The van der Waals surface area contributed by atoms with Gasteiger partial charge in [-0.3, -0.25) is 9.59 Å². The van der Waals surface area contributed by atoms with Crippen LogP contribution in [-0.2, 0) is 9.59 Å². The minimum absolute atomic E-state index is 0.285. The van der Waals surface area contributed by atoms with Crippen LogP contribution >= 0.6 is 0 Å². The molecule has 0 aromatic rings. The van der Waals surface area contributed by atoms with Gasteiger partial charge in [0, 0.05) is 6.42 Å². The van der Waals surface area contributed by atoms with Gasteiger partial charge in [-0.25, -0.2) is 0 Å². The fraction of sp³-hybridized carbons (Fsp3) is 0.667. The zero-order valence-corrected chi connectivity index (χ0v) is 5.02. The summed E-state index contributed by atoms with van der Waals surface area (Å²) < 4.78 is 0. The van der Waals surface area contributed by atoms with Crippen LogP contribution in [0.1, 0.15) is 26.2 Å². The Hall–Kier alpha value is -0.660. The summed E-state index contributed by atoms with van der Waals surface area (Å²) in [5, 5.41) is 0. The van der Waals surface area contributed by atoms with Gasteiger partial charge in [-0.15, -0.1) is 0 Å². The lowest BCUT2D eigenvalue weighted by Crippen LogP contribution is -1.96. The molecule has 2 nitrogen and oxygen atoms in total. The highest BCUT2D eigenvalue weighted by Gasteiger charge is 1.94. The molecular weight excluding hydrogens is 104 g/mol. The first-order valence-electron chi connectivity index (χ1n) is 2.79. The number of hydrogen-bond acceptors (Lipinski definition) is 2. The number of carbonyl (C=O) groups is 2. The lowest BCUT2D eigenvalue weighted by molar-refractivity contribution is -0.129. The number of aldehydes is 1. The van der Waals surface area contributed by atoms with Gasteiger partial charge >= 0.3 is 0 Å². The molecule has 2 heteroatoms. The molecule has 0 N–H and O–H groups in total. The van der Waals surface area contributed by atoms with Gasteiger partial charge in [0.05, 0.1) is 0 Å². The van der Waals surface area contributed by atoms with Gasteiger partial charge in [0.15, 0.2) is 12.1 Å². The highest BCUT2D eigenvalue weighted by atomic mass is 16.2. The van der Waals surface area contributed by atoms with E-state index in [1.54, 1.807) is 0 Å². The minimum Gasteiger partial charge on any atom is -0.295 e. The number of rotatable bonds is 4. The van der Waals surface area contributed by atoms with E-state index in [0.29, 0.717) is 12.7 Å². The van der Waals surface area contributed by atoms with Crippen LogP contribution in [0.4, 0.5) is 0 Å². The van der Waals surface area contributed by atoms with Gasteiger partial charge in [-0.2, -0.15) is 0 Å². The number of carbonyl (C=O) groups excluding carboxylic acids is 2. The van der Waals surface area contributed by atoms with Crippen LogP contribution in [-0.4, -0.2) is 12.1 Å². The van der Waals surface area contributed by atoms with Crippen molar-refractivity contribution in [3.05, 3.63) is 0 Å². The van der Waals surface area contributed by atoms with E-state index in [-0.39, 0.29) is 5.78 Å². The summed E-state index contributed by atoms with van der Waals surface area (Å²) >= 11 is 0. The normalized spacial score (nSPS) is 8.62. The third-order valence-corrected chi connectivity index (χ3v) is 0.908. The molecule has 0 aliphatic carbocycles. The van der Waals surface area contributed by atoms with E-state index >= 15 is 0 Å². The Kier molecular flexibility index (Phi) is 4.13. The molecule has 0 atom stereocenters. The summed E-state index contributed by atoms with van der Waals surface area (Å²) in [5.41, 5.74) is 0. The zero-order chi connectivity index (χ0) is 6.41. The van der Waals surface area contributed by atoms with Crippen molar-refractivity contribution in [1.29, 1.82) is 0 Å². The van der Waals surface area contributed by atoms with Crippen LogP contribution in [0, 0.1) is 0 Å². The maximum absolute atomic E-state index is 10.2. The van der Waals surface area contributed by atoms with E-state index in [1.165, 1.54) is 0 Å². The molecule has 0 amide bonds. The van der Waals surface area contributed by atoms with Gasteiger partial charge in [-0.1, -0.05) is 13.3 Å². The van der Waals surface area contributed by atoms with Crippen molar-refractivity contribution >= 4 is 12.1 Å². The Labute approximate surface area is 48.9 Å². The van der Waals surface area contributed by atoms with Gasteiger partial charge in [0.1, 0.15) is 0 Å². The Morgan fingerprint density at radius 1 is 1.62 bits per heavy atom. The van der Waals surface area contributed by atoms with E-state index in [1.807, 2.05) is 6.92 Å². The van der Waals surface area contributed by atoms with Crippen LogP contribution in [0.2, 0.25) is 0 Å². The molecule has 0 unspecified atom stereocenters. The summed E-state index contributed by atoms with van der Waals surface area (Å²) in [6.07, 6.45) is 2.60. The molecule has 0 aliphatic rings. The summed E-state index contributed by atoms with van der Waals surface area (Å²) in [6, 6.07) is 0. The van der Waals surface area contributed by atoms with E-state index < -0.39 is 0 Å². The summed E-state index contributed by atoms with van der Waals surface area (Å²) in [6.45, 7) is 1.98. The number of hydrogen-bond donors (Lipinski definition) is 0. The Morgan fingerprint density at radius 2 is 2.25 bits per heavy atom. The van der Waals surface area contributed by atoms with Gasteiger partial charge < -0.3 is 0 Å². The molecule has 0 radical (unpaired) electrons. The Balaban J connectivity index is 3.11. The monoisotopic (exact) mass is 114 g/mol. The van der Waals surface area contributed by atoms with Crippen molar-refractivity contribution in [2.45, 2.75) is 26.2 Å². The van der Waals surface area contributed by atoms with Crippen molar-refractivity contribution < 1.29 is 9.59 Å². The molecule has 0 saturated carbocycles. The van der Waals surface area contributed by atoms with E-state index in [9.17, 15) is 9.59 Å². The van der Waals surface area contributed by atoms with Gasteiger partial charge in [0.2, 0.25) is 0 Å². The first-order valence-corrected chi connectivity index (χ1v) is 2.79. The molecule has 46 valence electrons.